The van der Waals surface area contributed by atoms with Crippen LogP contribution in [0.2, 0.25) is 0 Å². The Hall–Kier alpha value is -1.59. The SMILES string of the molecule is O=Cc1nccnc1OC(F)F. The van der Waals surface area contributed by atoms with Crippen molar-refractivity contribution in [1.29, 1.82) is 0 Å². The second-order valence-corrected chi connectivity index (χ2v) is 1.74. The summed E-state index contributed by atoms with van der Waals surface area (Å²) >= 11 is 0. The standard InChI is InChI=1S/C6H4F2N2O2/c7-6(8)12-5-4(3-11)9-1-2-10-5/h1-3,6H. The number of carbonyl (C=O) groups is 1. The first-order valence-corrected chi connectivity index (χ1v) is 2.95. The highest BCUT2D eigenvalue weighted by Crippen LogP contribution is 2.11. The highest BCUT2D eigenvalue weighted by molar-refractivity contribution is 5.74. The maximum atomic E-state index is 11.6. The van der Waals surface area contributed by atoms with Crippen LogP contribution in [0.5, 0.6) is 5.88 Å². The molecule has 0 spiro atoms. The van der Waals surface area contributed by atoms with Gasteiger partial charge in [0.1, 0.15) is 0 Å². The van der Waals surface area contributed by atoms with E-state index in [2.05, 4.69) is 14.7 Å². The van der Waals surface area contributed by atoms with Crippen molar-refractivity contribution < 1.29 is 18.3 Å². The molecule has 0 fully saturated rings. The second kappa shape index (κ2) is 3.70. The van der Waals surface area contributed by atoms with Gasteiger partial charge in [0.25, 0.3) is 0 Å². The van der Waals surface area contributed by atoms with E-state index in [9.17, 15) is 13.6 Å². The molecule has 6 heteroatoms. The molecule has 1 rings (SSSR count). The molecule has 0 radical (unpaired) electrons. The number of aromatic nitrogens is 2. The van der Waals surface area contributed by atoms with Crippen LogP contribution in [0.25, 0.3) is 0 Å². The molecule has 64 valence electrons. The topological polar surface area (TPSA) is 52.1 Å². The molecule has 1 aromatic rings. The Morgan fingerprint density at radius 3 is 2.67 bits per heavy atom. The number of halogens is 2. The van der Waals surface area contributed by atoms with Gasteiger partial charge in [-0.25, -0.2) is 9.97 Å². The van der Waals surface area contributed by atoms with Crippen molar-refractivity contribution >= 4 is 6.29 Å². The van der Waals surface area contributed by atoms with Gasteiger partial charge in [-0.05, 0) is 0 Å². The normalized spacial score (nSPS) is 9.92. The van der Waals surface area contributed by atoms with Gasteiger partial charge in [-0.1, -0.05) is 0 Å². The molecule has 0 atom stereocenters. The predicted molar refractivity (Wildman–Crippen MR) is 34.1 cm³/mol. The summed E-state index contributed by atoms with van der Waals surface area (Å²) in [4.78, 5) is 17.0. The van der Waals surface area contributed by atoms with Gasteiger partial charge in [-0.2, -0.15) is 8.78 Å². The molecule has 0 saturated carbocycles. The van der Waals surface area contributed by atoms with Gasteiger partial charge < -0.3 is 4.74 Å². The van der Waals surface area contributed by atoms with Crippen LogP contribution in [0.1, 0.15) is 10.5 Å². The third-order valence-corrected chi connectivity index (χ3v) is 1.00. The molecule has 0 saturated heterocycles. The lowest BCUT2D eigenvalue weighted by molar-refractivity contribution is -0.0533. The molecule has 0 aromatic carbocycles. The summed E-state index contributed by atoms with van der Waals surface area (Å²) in [7, 11) is 0. The second-order valence-electron chi connectivity index (χ2n) is 1.74. The van der Waals surface area contributed by atoms with E-state index < -0.39 is 12.5 Å². The maximum absolute atomic E-state index is 11.6. The van der Waals surface area contributed by atoms with Crippen molar-refractivity contribution in [2.45, 2.75) is 6.61 Å². The van der Waals surface area contributed by atoms with Crippen molar-refractivity contribution in [3.05, 3.63) is 18.1 Å². The zero-order valence-corrected chi connectivity index (χ0v) is 5.78. The summed E-state index contributed by atoms with van der Waals surface area (Å²) in [6, 6.07) is 0. The van der Waals surface area contributed by atoms with E-state index >= 15 is 0 Å². The molecule has 0 aliphatic rings. The molecule has 0 aliphatic heterocycles. The molecular weight excluding hydrogens is 170 g/mol. The first-order chi connectivity index (χ1) is 5.74. The average molecular weight is 174 g/mol. The Bertz CT molecular complexity index is 280. The summed E-state index contributed by atoms with van der Waals surface area (Å²) in [5, 5.41) is 0. The maximum Gasteiger partial charge on any atom is 0.388 e. The fourth-order valence-electron chi connectivity index (χ4n) is 0.592. The summed E-state index contributed by atoms with van der Waals surface area (Å²) in [5.74, 6) is -0.456. The number of carbonyl (C=O) groups excluding carboxylic acids is 1. The van der Waals surface area contributed by atoms with E-state index in [1.54, 1.807) is 0 Å². The van der Waals surface area contributed by atoms with Gasteiger partial charge in [-0.15, -0.1) is 0 Å². The zero-order valence-electron chi connectivity index (χ0n) is 5.78. The van der Waals surface area contributed by atoms with Crippen LogP contribution >= 0.6 is 0 Å². The number of nitrogens with zero attached hydrogens (tertiary/aromatic N) is 2. The third-order valence-electron chi connectivity index (χ3n) is 1.00. The molecule has 1 aromatic heterocycles. The molecule has 0 bridgehead atoms. The van der Waals surface area contributed by atoms with Crippen LogP contribution < -0.4 is 4.74 Å². The lowest BCUT2D eigenvalue weighted by atomic mass is 10.5. The quantitative estimate of drug-likeness (QED) is 0.638. The van der Waals surface area contributed by atoms with Gasteiger partial charge in [0.05, 0.1) is 0 Å². The minimum atomic E-state index is -3.00. The first kappa shape index (κ1) is 8.51. The van der Waals surface area contributed by atoms with Crippen LogP contribution in [-0.2, 0) is 0 Å². The summed E-state index contributed by atoms with van der Waals surface area (Å²) in [5.41, 5.74) is -0.238. The lowest BCUT2D eigenvalue weighted by Gasteiger charge is -2.02. The lowest BCUT2D eigenvalue weighted by Crippen LogP contribution is -2.06. The fraction of sp³-hybridized carbons (Fsp3) is 0.167. The smallest absolute Gasteiger partial charge is 0.388 e. The minimum Gasteiger partial charge on any atom is -0.414 e. The van der Waals surface area contributed by atoms with Crippen molar-refractivity contribution in [3.63, 3.8) is 0 Å². The van der Waals surface area contributed by atoms with Gasteiger partial charge in [0.2, 0.25) is 5.88 Å². The molecular formula is C6H4F2N2O2. The number of hydrogen-bond donors (Lipinski definition) is 0. The van der Waals surface area contributed by atoms with Gasteiger partial charge in [0, 0.05) is 12.4 Å². The largest absolute Gasteiger partial charge is 0.414 e. The van der Waals surface area contributed by atoms with E-state index in [4.69, 9.17) is 0 Å². The number of ether oxygens (including phenoxy) is 1. The predicted octanol–water partition coefficient (Wildman–Crippen LogP) is 0.890. The van der Waals surface area contributed by atoms with Gasteiger partial charge in [0.15, 0.2) is 12.0 Å². The summed E-state index contributed by atoms with van der Waals surface area (Å²) in [6.45, 7) is -3.00. The molecule has 0 unspecified atom stereocenters. The molecule has 0 amide bonds. The highest BCUT2D eigenvalue weighted by Gasteiger charge is 2.10. The highest BCUT2D eigenvalue weighted by atomic mass is 19.3. The molecule has 0 N–H and O–H groups in total. The van der Waals surface area contributed by atoms with Crippen LogP contribution in [-0.4, -0.2) is 22.9 Å². The Kier molecular flexibility index (Phi) is 2.62. The summed E-state index contributed by atoms with van der Waals surface area (Å²) < 4.78 is 27.2. The molecule has 1 heterocycles. The van der Waals surface area contributed by atoms with Crippen molar-refractivity contribution in [1.82, 2.24) is 9.97 Å². The fourth-order valence-corrected chi connectivity index (χ4v) is 0.592. The van der Waals surface area contributed by atoms with Crippen LogP contribution in [0.4, 0.5) is 8.78 Å². The molecule has 4 nitrogen and oxygen atoms in total. The number of hydrogen-bond acceptors (Lipinski definition) is 4. The van der Waals surface area contributed by atoms with Crippen LogP contribution in [0.15, 0.2) is 12.4 Å². The monoisotopic (exact) mass is 174 g/mol. The number of rotatable bonds is 3. The summed E-state index contributed by atoms with van der Waals surface area (Å²) in [6.07, 6.45) is 2.66. The minimum absolute atomic E-state index is 0.238. The Balaban J connectivity index is 2.89. The van der Waals surface area contributed by atoms with Crippen molar-refractivity contribution in [2.75, 3.05) is 0 Å². The van der Waals surface area contributed by atoms with Crippen molar-refractivity contribution in [2.24, 2.45) is 0 Å². The van der Waals surface area contributed by atoms with E-state index in [1.165, 1.54) is 6.20 Å². The van der Waals surface area contributed by atoms with Gasteiger partial charge >= 0.3 is 6.61 Å². The van der Waals surface area contributed by atoms with E-state index in [0.29, 0.717) is 6.29 Å². The van der Waals surface area contributed by atoms with E-state index in [-0.39, 0.29) is 5.69 Å². The van der Waals surface area contributed by atoms with Crippen molar-refractivity contribution in [3.8, 4) is 5.88 Å². The van der Waals surface area contributed by atoms with Crippen LogP contribution in [0.3, 0.4) is 0 Å². The Morgan fingerprint density at radius 2 is 2.08 bits per heavy atom. The first-order valence-electron chi connectivity index (χ1n) is 2.95. The Labute approximate surface area is 66.2 Å². The number of alkyl halides is 2. The third kappa shape index (κ3) is 1.94. The average Bonchev–Trinajstić information content (AvgIpc) is 2.04. The number of aldehydes is 1. The molecule has 0 aliphatic carbocycles. The molecule has 12 heavy (non-hydrogen) atoms. The van der Waals surface area contributed by atoms with E-state index in [1.807, 2.05) is 0 Å². The van der Waals surface area contributed by atoms with Gasteiger partial charge in [-0.3, -0.25) is 4.79 Å². The van der Waals surface area contributed by atoms with E-state index in [0.717, 1.165) is 6.20 Å². The zero-order chi connectivity index (χ0) is 8.97. The Morgan fingerprint density at radius 1 is 1.42 bits per heavy atom. The van der Waals surface area contributed by atoms with Crippen LogP contribution in [0, 0.1) is 0 Å².